The second-order valence-electron chi connectivity index (χ2n) is 4.35. The van der Waals surface area contributed by atoms with Crippen LogP contribution in [0.2, 0.25) is 0 Å². The van der Waals surface area contributed by atoms with Gasteiger partial charge in [0.05, 0.1) is 30.8 Å². The second-order valence-corrected chi connectivity index (χ2v) is 5.20. The van der Waals surface area contributed by atoms with Crippen molar-refractivity contribution in [2.24, 2.45) is 0 Å². The van der Waals surface area contributed by atoms with Crippen LogP contribution in [-0.4, -0.2) is 48.8 Å². The number of carbonyl (C=O) groups is 1. The Hall–Kier alpha value is -1.73. The predicted molar refractivity (Wildman–Crippen MR) is 76.4 cm³/mol. The number of thiophene rings is 1. The first kappa shape index (κ1) is 13.3. The van der Waals surface area contributed by atoms with Crippen LogP contribution in [0.4, 0.5) is 5.82 Å². The Labute approximate surface area is 120 Å². The quantitative estimate of drug-likeness (QED) is 0.803. The zero-order valence-electron chi connectivity index (χ0n) is 11.2. The van der Waals surface area contributed by atoms with Gasteiger partial charge in [0.25, 0.3) is 0 Å². The Morgan fingerprint density at radius 2 is 2.25 bits per heavy atom. The van der Waals surface area contributed by atoms with Crippen molar-refractivity contribution in [1.82, 2.24) is 9.97 Å². The van der Waals surface area contributed by atoms with Gasteiger partial charge in [-0.1, -0.05) is 0 Å². The number of morpholine rings is 1. The van der Waals surface area contributed by atoms with Gasteiger partial charge in [-0.2, -0.15) is 0 Å². The fourth-order valence-electron chi connectivity index (χ4n) is 2.23. The van der Waals surface area contributed by atoms with Crippen molar-refractivity contribution in [2.75, 3.05) is 37.8 Å². The summed E-state index contributed by atoms with van der Waals surface area (Å²) < 4.78 is 10.5. The molecule has 0 aliphatic carbocycles. The van der Waals surface area contributed by atoms with E-state index in [0.29, 0.717) is 25.4 Å². The molecular formula is C13H15N3O3S. The summed E-state index contributed by atoms with van der Waals surface area (Å²) in [6, 6.07) is 0. The first-order valence-corrected chi connectivity index (χ1v) is 7.41. The highest BCUT2D eigenvalue weighted by Crippen LogP contribution is 2.32. The molecule has 0 unspecified atom stereocenters. The minimum atomic E-state index is -0.317. The van der Waals surface area contributed by atoms with Crippen LogP contribution < -0.4 is 4.90 Å². The number of anilines is 1. The highest BCUT2D eigenvalue weighted by atomic mass is 32.1. The fourth-order valence-corrected chi connectivity index (χ4v) is 3.10. The van der Waals surface area contributed by atoms with Crippen LogP contribution in [0.1, 0.15) is 17.3 Å². The molecule has 3 rings (SSSR count). The zero-order valence-corrected chi connectivity index (χ0v) is 12.0. The van der Waals surface area contributed by atoms with Crippen LogP contribution in [0.25, 0.3) is 10.2 Å². The molecule has 7 heteroatoms. The first-order chi connectivity index (χ1) is 9.81. The second kappa shape index (κ2) is 5.72. The summed E-state index contributed by atoms with van der Waals surface area (Å²) in [5, 5.41) is 2.58. The van der Waals surface area contributed by atoms with Gasteiger partial charge in [0.2, 0.25) is 0 Å². The largest absolute Gasteiger partial charge is 0.462 e. The normalized spacial score (nSPS) is 15.6. The average Bonchev–Trinajstić information content (AvgIpc) is 2.92. The number of nitrogens with zero attached hydrogens (tertiary/aromatic N) is 3. The molecule has 2 aromatic heterocycles. The van der Waals surface area contributed by atoms with Crippen LogP contribution in [-0.2, 0) is 9.47 Å². The molecule has 1 saturated heterocycles. The fraction of sp³-hybridized carbons (Fsp3) is 0.462. The standard InChI is InChI=1S/C13H15N3O3S/c1-2-19-13(17)9-7-20-12-10(9)11(14-8-15-12)16-3-5-18-6-4-16/h7-8H,2-6H2,1H3. The monoisotopic (exact) mass is 293 g/mol. The van der Waals surface area contributed by atoms with Gasteiger partial charge in [-0.25, -0.2) is 14.8 Å². The lowest BCUT2D eigenvalue weighted by molar-refractivity contribution is 0.0529. The Morgan fingerprint density at radius 3 is 3.00 bits per heavy atom. The molecule has 6 nitrogen and oxygen atoms in total. The van der Waals surface area contributed by atoms with Gasteiger partial charge in [-0.05, 0) is 6.92 Å². The molecule has 20 heavy (non-hydrogen) atoms. The van der Waals surface area contributed by atoms with E-state index in [0.717, 1.165) is 29.1 Å². The van der Waals surface area contributed by atoms with E-state index in [-0.39, 0.29) is 5.97 Å². The zero-order chi connectivity index (χ0) is 13.9. The molecule has 0 spiro atoms. The molecular weight excluding hydrogens is 278 g/mol. The lowest BCUT2D eigenvalue weighted by atomic mass is 10.2. The van der Waals surface area contributed by atoms with Gasteiger partial charge in [0.15, 0.2) is 0 Å². The molecule has 3 heterocycles. The van der Waals surface area contributed by atoms with E-state index in [1.54, 1.807) is 18.6 Å². The molecule has 106 valence electrons. The lowest BCUT2D eigenvalue weighted by Crippen LogP contribution is -2.37. The summed E-state index contributed by atoms with van der Waals surface area (Å²) in [5.41, 5.74) is 0.550. The van der Waals surface area contributed by atoms with Gasteiger partial charge in [0.1, 0.15) is 17.0 Å². The highest BCUT2D eigenvalue weighted by Gasteiger charge is 2.22. The van der Waals surface area contributed by atoms with Crippen LogP contribution >= 0.6 is 11.3 Å². The van der Waals surface area contributed by atoms with Crippen molar-refractivity contribution >= 4 is 33.3 Å². The smallest absolute Gasteiger partial charge is 0.339 e. The first-order valence-electron chi connectivity index (χ1n) is 6.53. The van der Waals surface area contributed by atoms with E-state index in [9.17, 15) is 4.79 Å². The molecule has 1 aliphatic rings. The van der Waals surface area contributed by atoms with Gasteiger partial charge in [-0.3, -0.25) is 0 Å². The van der Waals surface area contributed by atoms with E-state index in [2.05, 4.69) is 14.9 Å². The van der Waals surface area contributed by atoms with E-state index in [1.807, 2.05) is 0 Å². The molecule has 0 radical (unpaired) electrons. The van der Waals surface area contributed by atoms with Crippen molar-refractivity contribution in [3.63, 3.8) is 0 Å². The number of aromatic nitrogens is 2. The number of fused-ring (bicyclic) bond motifs is 1. The van der Waals surface area contributed by atoms with Crippen molar-refractivity contribution < 1.29 is 14.3 Å². The molecule has 1 aliphatic heterocycles. The van der Waals surface area contributed by atoms with Crippen LogP contribution in [0.3, 0.4) is 0 Å². The van der Waals surface area contributed by atoms with Crippen molar-refractivity contribution in [2.45, 2.75) is 6.92 Å². The molecule has 0 N–H and O–H groups in total. The predicted octanol–water partition coefficient (Wildman–Crippen LogP) is 1.70. The Kier molecular flexibility index (Phi) is 3.79. The summed E-state index contributed by atoms with van der Waals surface area (Å²) in [7, 11) is 0. The summed E-state index contributed by atoms with van der Waals surface area (Å²) >= 11 is 1.44. The van der Waals surface area contributed by atoms with Crippen LogP contribution in [0.15, 0.2) is 11.7 Å². The summed E-state index contributed by atoms with van der Waals surface area (Å²) in [6.45, 7) is 5.03. The average molecular weight is 293 g/mol. The number of esters is 1. The third-order valence-electron chi connectivity index (χ3n) is 3.16. The topological polar surface area (TPSA) is 64.5 Å². The maximum Gasteiger partial charge on any atom is 0.339 e. The maximum atomic E-state index is 12.0. The van der Waals surface area contributed by atoms with Crippen molar-refractivity contribution in [3.8, 4) is 0 Å². The summed E-state index contributed by atoms with van der Waals surface area (Å²) in [4.78, 5) is 23.6. The van der Waals surface area contributed by atoms with E-state index in [4.69, 9.17) is 9.47 Å². The molecule has 2 aromatic rings. The molecule has 1 fully saturated rings. The van der Waals surface area contributed by atoms with Gasteiger partial charge < -0.3 is 14.4 Å². The number of carbonyl (C=O) groups excluding carboxylic acids is 1. The molecule has 0 atom stereocenters. The van der Waals surface area contributed by atoms with Gasteiger partial charge in [-0.15, -0.1) is 11.3 Å². The van der Waals surface area contributed by atoms with Crippen molar-refractivity contribution in [3.05, 3.63) is 17.3 Å². The van der Waals surface area contributed by atoms with Crippen molar-refractivity contribution in [1.29, 1.82) is 0 Å². The Balaban J connectivity index is 2.06. The molecule has 0 saturated carbocycles. The summed E-state index contributed by atoms with van der Waals surface area (Å²) in [6.07, 6.45) is 1.54. The van der Waals surface area contributed by atoms with Crippen LogP contribution in [0, 0.1) is 0 Å². The van der Waals surface area contributed by atoms with E-state index >= 15 is 0 Å². The number of ether oxygens (including phenoxy) is 2. The minimum absolute atomic E-state index is 0.317. The highest BCUT2D eigenvalue weighted by molar-refractivity contribution is 7.17. The lowest BCUT2D eigenvalue weighted by Gasteiger charge is -2.28. The number of hydrogen-bond acceptors (Lipinski definition) is 7. The number of hydrogen-bond donors (Lipinski definition) is 0. The third kappa shape index (κ3) is 2.34. The third-order valence-corrected chi connectivity index (χ3v) is 4.04. The van der Waals surface area contributed by atoms with Gasteiger partial charge >= 0.3 is 5.97 Å². The Bertz CT molecular complexity index is 622. The van der Waals surface area contributed by atoms with E-state index < -0.39 is 0 Å². The maximum absolute atomic E-state index is 12.0. The van der Waals surface area contributed by atoms with Crippen LogP contribution in [0.5, 0.6) is 0 Å². The molecule has 0 bridgehead atoms. The number of rotatable bonds is 3. The Morgan fingerprint density at radius 1 is 1.45 bits per heavy atom. The molecule has 0 aromatic carbocycles. The minimum Gasteiger partial charge on any atom is -0.462 e. The summed E-state index contributed by atoms with van der Waals surface area (Å²) in [5.74, 6) is 0.477. The van der Waals surface area contributed by atoms with E-state index in [1.165, 1.54) is 11.3 Å². The molecule has 0 amide bonds. The van der Waals surface area contributed by atoms with Gasteiger partial charge in [0, 0.05) is 18.5 Å². The SMILES string of the molecule is CCOC(=O)c1csc2ncnc(N3CCOCC3)c12.